The van der Waals surface area contributed by atoms with Gasteiger partial charge in [0.25, 0.3) is 10.0 Å². The minimum absolute atomic E-state index is 0.312. The minimum atomic E-state index is -3.56. The Bertz CT molecular complexity index is 740. The first-order chi connectivity index (χ1) is 9.92. The molecular formula is C16H20N2O2S. The molecule has 2 N–H and O–H groups in total. The van der Waals surface area contributed by atoms with Crippen LogP contribution in [-0.2, 0) is 16.6 Å². The monoisotopic (exact) mass is 304 g/mol. The normalized spacial score (nSPS) is 11.4. The van der Waals surface area contributed by atoms with E-state index in [1.54, 1.807) is 25.1 Å². The molecule has 0 aliphatic rings. The summed E-state index contributed by atoms with van der Waals surface area (Å²) in [6.45, 7) is 4.44. The van der Waals surface area contributed by atoms with Gasteiger partial charge in [-0.1, -0.05) is 29.8 Å². The lowest BCUT2D eigenvalue weighted by molar-refractivity contribution is 0.600. The first-order valence-electron chi connectivity index (χ1n) is 6.76. The van der Waals surface area contributed by atoms with Gasteiger partial charge in [-0.2, -0.15) is 0 Å². The van der Waals surface area contributed by atoms with E-state index in [1.165, 1.54) is 0 Å². The third-order valence-corrected chi connectivity index (χ3v) is 4.72. The van der Waals surface area contributed by atoms with Gasteiger partial charge in [0.15, 0.2) is 0 Å². The molecule has 0 unspecified atom stereocenters. The smallest absolute Gasteiger partial charge is 0.262 e. The second kappa shape index (κ2) is 6.28. The van der Waals surface area contributed by atoms with Gasteiger partial charge >= 0.3 is 0 Å². The van der Waals surface area contributed by atoms with Gasteiger partial charge in [-0.3, -0.25) is 4.72 Å². The molecule has 0 radical (unpaired) electrons. The van der Waals surface area contributed by atoms with Gasteiger partial charge in [-0.15, -0.1) is 0 Å². The average Bonchev–Trinajstić information content (AvgIpc) is 2.38. The van der Waals surface area contributed by atoms with E-state index in [4.69, 9.17) is 0 Å². The number of aryl methyl sites for hydroxylation is 2. The molecule has 0 spiro atoms. The lowest BCUT2D eigenvalue weighted by Gasteiger charge is -2.12. The van der Waals surface area contributed by atoms with Crippen molar-refractivity contribution >= 4 is 15.7 Å². The SMILES string of the molecule is CNCc1cccc(NS(=O)(=O)c2ccc(C)cc2C)c1. The molecule has 0 saturated carbocycles. The van der Waals surface area contributed by atoms with Crippen LogP contribution in [0.2, 0.25) is 0 Å². The molecular weight excluding hydrogens is 284 g/mol. The van der Waals surface area contributed by atoms with Crippen LogP contribution in [0, 0.1) is 13.8 Å². The van der Waals surface area contributed by atoms with E-state index in [9.17, 15) is 8.42 Å². The predicted octanol–water partition coefficient (Wildman–Crippen LogP) is 2.82. The van der Waals surface area contributed by atoms with Crippen molar-refractivity contribution in [3.63, 3.8) is 0 Å². The van der Waals surface area contributed by atoms with Gasteiger partial charge in [0.05, 0.1) is 4.90 Å². The van der Waals surface area contributed by atoms with Crippen LogP contribution in [0.3, 0.4) is 0 Å². The summed E-state index contributed by atoms with van der Waals surface area (Å²) in [6.07, 6.45) is 0. The van der Waals surface area contributed by atoms with Crippen molar-refractivity contribution in [3.8, 4) is 0 Å². The van der Waals surface area contributed by atoms with Crippen LogP contribution in [0.5, 0.6) is 0 Å². The number of sulfonamides is 1. The Hall–Kier alpha value is -1.85. The first kappa shape index (κ1) is 15.5. The predicted molar refractivity (Wildman–Crippen MR) is 85.9 cm³/mol. The van der Waals surface area contributed by atoms with Crippen molar-refractivity contribution in [3.05, 3.63) is 59.2 Å². The highest BCUT2D eigenvalue weighted by Gasteiger charge is 2.16. The lowest BCUT2D eigenvalue weighted by atomic mass is 10.2. The van der Waals surface area contributed by atoms with Crippen molar-refractivity contribution in [2.45, 2.75) is 25.3 Å². The van der Waals surface area contributed by atoms with Gasteiger partial charge in [0, 0.05) is 12.2 Å². The van der Waals surface area contributed by atoms with E-state index in [0.29, 0.717) is 17.1 Å². The standard InChI is InChI=1S/C16H20N2O2S/c1-12-7-8-16(13(2)9-12)21(19,20)18-15-6-4-5-14(10-15)11-17-3/h4-10,17-18H,11H2,1-3H3. The Kier molecular flexibility index (Phi) is 4.65. The summed E-state index contributed by atoms with van der Waals surface area (Å²) in [6, 6.07) is 12.7. The summed E-state index contributed by atoms with van der Waals surface area (Å²) in [5.41, 5.74) is 3.39. The fourth-order valence-corrected chi connectivity index (χ4v) is 3.54. The number of anilines is 1. The quantitative estimate of drug-likeness (QED) is 0.893. The summed E-state index contributed by atoms with van der Waals surface area (Å²) in [5.74, 6) is 0. The maximum absolute atomic E-state index is 12.5. The fourth-order valence-electron chi connectivity index (χ4n) is 2.26. The molecule has 5 heteroatoms. The van der Waals surface area contributed by atoms with E-state index >= 15 is 0 Å². The van der Waals surface area contributed by atoms with Crippen LogP contribution >= 0.6 is 0 Å². The minimum Gasteiger partial charge on any atom is -0.316 e. The van der Waals surface area contributed by atoms with Crippen LogP contribution in [-0.4, -0.2) is 15.5 Å². The zero-order valence-corrected chi connectivity index (χ0v) is 13.3. The molecule has 0 aliphatic heterocycles. The van der Waals surface area contributed by atoms with E-state index in [1.807, 2.05) is 38.2 Å². The summed E-state index contributed by atoms with van der Waals surface area (Å²) < 4.78 is 27.6. The summed E-state index contributed by atoms with van der Waals surface area (Å²) in [7, 11) is -1.71. The summed E-state index contributed by atoms with van der Waals surface area (Å²) >= 11 is 0. The number of hydrogen-bond donors (Lipinski definition) is 2. The van der Waals surface area contributed by atoms with Crippen LogP contribution in [0.25, 0.3) is 0 Å². The van der Waals surface area contributed by atoms with Crippen molar-refractivity contribution in [2.24, 2.45) is 0 Å². The molecule has 21 heavy (non-hydrogen) atoms. The Morgan fingerprint density at radius 3 is 2.48 bits per heavy atom. The van der Waals surface area contributed by atoms with E-state index in [0.717, 1.165) is 16.7 Å². The molecule has 2 aromatic rings. The lowest BCUT2D eigenvalue weighted by Crippen LogP contribution is -2.14. The first-order valence-corrected chi connectivity index (χ1v) is 8.24. The van der Waals surface area contributed by atoms with E-state index < -0.39 is 10.0 Å². The molecule has 4 nitrogen and oxygen atoms in total. The van der Waals surface area contributed by atoms with Crippen molar-refractivity contribution in [1.29, 1.82) is 0 Å². The van der Waals surface area contributed by atoms with Crippen LogP contribution in [0.15, 0.2) is 47.4 Å². The molecule has 0 aromatic heterocycles. The number of nitrogens with one attached hydrogen (secondary N) is 2. The Morgan fingerprint density at radius 2 is 1.81 bits per heavy atom. The van der Waals surface area contributed by atoms with Crippen molar-refractivity contribution < 1.29 is 8.42 Å². The third kappa shape index (κ3) is 3.83. The maximum Gasteiger partial charge on any atom is 0.262 e. The highest BCUT2D eigenvalue weighted by atomic mass is 32.2. The Labute approximate surface area is 126 Å². The van der Waals surface area contributed by atoms with Gasteiger partial charge in [-0.05, 0) is 50.2 Å². The molecule has 112 valence electrons. The van der Waals surface area contributed by atoms with Gasteiger partial charge < -0.3 is 5.32 Å². The van der Waals surface area contributed by atoms with Gasteiger partial charge in [-0.25, -0.2) is 8.42 Å². The number of hydrogen-bond acceptors (Lipinski definition) is 3. The fraction of sp³-hybridized carbons (Fsp3) is 0.250. The Balaban J connectivity index is 2.31. The third-order valence-electron chi connectivity index (χ3n) is 3.18. The molecule has 0 aliphatic carbocycles. The zero-order valence-electron chi connectivity index (χ0n) is 12.5. The molecule has 0 fully saturated rings. The number of benzene rings is 2. The average molecular weight is 304 g/mol. The zero-order chi connectivity index (χ0) is 15.5. The summed E-state index contributed by atoms with van der Waals surface area (Å²) in [4.78, 5) is 0.312. The topological polar surface area (TPSA) is 58.2 Å². The highest BCUT2D eigenvalue weighted by molar-refractivity contribution is 7.92. The molecule has 2 aromatic carbocycles. The van der Waals surface area contributed by atoms with Crippen LogP contribution in [0.1, 0.15) is 16.7 Å². The van der Waals surface area contributed by atoms with E-state index in [-0.39, 0.29) is 0 Å². The molecule has 0 atom stereocenters. The van der Waals surface area contributed by atoms with Gasteiger partial charge in [0.2, 0.25) is 0 Å². The van der Waals surface area contributed by atoms with Crippen molar-refractivity contribution in [2.75, 3.05) is 11.8 Å². The summed E-state index contributed by atoms with van der Waals surface area (Å²) in [5, 5.41) is 3.04. The largest absolute Gasteiger partial charge is 0.316 e. The molecule has 0 saturated heterocycles. The van der Waals surface area contributed by atoms with Crippen molar-refractivity contribution in [1.82, 2.24) is 5.32 Å². The number of rotatable bonds is 5. The van der Waals surface area contributed by atoms with Crippen LogP contribution < -0.4 is 10.0 Å². The molecule has 0 bridgehead atoms. The maximum atomic E-state index is 12.5. The highest BCUT2D eigenvalue weighted by Crippen LogP contribution is 2.21. The van der Waals surface area contributed by atoms with Crippen LogP contribution in [0.4, 0.5) is 5.69 Å². The second-order valence-electron chi connectivity index (χ2n) is 5.11. The molecule has 2 rings (SSSR count). The van der Waals surface area contributed by atoms with E-state index in [2.05, 4.69) is 10.0 Å². The second-order valence-corrected chi connectivity index (χ2v) is 6.76. The Morgan fingerprint density at radius 1 is 1.05 bits per heavy atom. The van der Waals surface area contributed by atoms with Gasteiger partial charge in [0.1, 0.15) is 0 Å². The molecule has 0 amide bonds. The molecule has 0 heterocycles.